The molecule has 1 unspecified atom stereocenters. The predicted molar refractivity (Wildman–Crippen MR) is 74.6 cm³/mol. The summed E-state index contributed by atoms with van der Waals surface area (Å²) >= 11 is 0. The minimum atomic E-state index is -0.411. The first-order valence-corrected chi connectivity index (χ1v) is 6.11. The van der Waals surface area contributed by atoms with Crippen LogP contribution in [-0.4, -0.2) is 17.1 Å². The molecule has 0 amide bonds. The number of hydrogen-bond donors (Lipinski definition) is 0. The Hall–Kier alpha value is -2.42. The number of benzene rings is 1. The van der Waals surface area contributed by atoms with E-state index in [0.29, 0.717) is 5.69 Å². The molecule has 0 fully saturated rings. The molecule has 2 rings (SSSR count). The first-order chi connectivity index (χ1) is 9.25. The van der Waals surface area contributed by atoms with Gasteiger partial charge in [-0.1, -0.05) is 42.5 Å². The average molecular weight is 253 g/mol. The molecule has 1 aromatic heterocycles. The molecule has 0 radical (unpaired) electrons. The number of rotatable bonds is 4. The highest BCUT2D eigenvalue weighted by Crippen LogP contribution is 2.06. The SMILES string of the molecule is CC(/C=C/c1ccccc1)OC(=O)c1ccccn1. The molecule has 19 heavy (non-hydrogen) atoms. The molecule has 0 aliphatic rings. The van der Waals surface area contributed by atoms with Crippen molar-refractivity contribution in [3.05, 3.63) is 72.1 Å². The van der Waals surface area contributed by atoms with E-state index in [0.717, 1.165) is 5.56 Å². The van der Waals surface area contributed by atoms with E-state index < -0.39 is 5.97 Å². The largest absolute Gasteiger partial charge is 0.454 e. The van der Waals surface area contributed by atoms with E-state index >= 15 is 0 Å². The molecule has 0 spiro atoms. The van der Waals surface area contributed by atoms with Crippen LogP contribution in [0.2, 0.25) is 0 Å². The average Bonchev–Trinajstić information content (AvgIpc) is 2.47. The number of carbonyl (C=O) groups excluding carboxylic acids is 1. The van der Waals surface area contributed by atoms with E-state index in [2.05, 4.69) is 4.98 Å². The van der Waals surface area contributed by atoms with Crippen LogP contribution in [0.15, 0.2) is 60.8 Å². The second kappa shape index (κ2) is 6.50. The van der Waals surface area contributed by atoms with Gasteiger partial charge in [0.15, 0.2) is 0 Å². The Morgan fingerprint density at radius 1 is 1.16 bits per heavy atom. The summed E-state index contributed by atoms with van der Waals surface area (Å²) in [4.78, 5) is 15.7. The van der Waals surface area contributed by atoms with Crippen LogP contribution in [-0.2, 0) is 4.74 Å². The van der Waals surface area contributed by atoms with E-state index in [1.165, 1.54) is 0 Å². The van der Waals surface area contributed by atoms with Gasteiger partial charge in [-0.25, -0.2) is 9.78 Å². The van der Waals surface area contributed by atoms with Gasteiger partial charge in [-0.2, -0.15) is 0 Å². The fraction of sp³-hybridized carbons (Fsp3) is 0.125. The third kappa shape index (κ3) is 4.07. The summed E-state index contributed by atoms with van der Waals surface area (Å²) in [6.07, 6.45) is 5.04. The Labute approximate surface area is 112 Å². The molecule has 3 nitrogen and oxygen atoms in total. The Morgan fingerprint density at radius 2 is 1.89 bits per heavy atom. The molecule has 0 bridgehead atoms. The van der Waals surface area contributed by atoms with Crippen molar-refractivity contribution in [1.82, 2.24) is 4.98 Å². The summed E-state index contributed by atoms with van der Waals surface area (Å²) in [5.74, 6) is -0.411. The lowest BCUT2D eigenvalue weighted by Gasteiger charge is -2.08. The van der Waals surface area contributed by atoms with Crippen LogP contribution in [0.3, 0.4) is 0 Å². The van der Waals surface area contributed by atoms with Crippen molar-refractivity contribution in [3.8, 4) is 0 Å². The second-order valence-corrected chi connectivity index (χ2v) is 4.10. The monoisotopic (exact) mass is 253 g/mol. The summed E-state index contributed by atoms with van der Waals surface area (Å²) in [6, 6.07) is 15.0. The molecular weight excluding hydrogens is 238 g/mol. The molecule has 1 atom stereocenters. The summed E-state index contributed by atoms with van der Waals surface area (Å²) in [6.45, 7) is 1.82. The van der Waals surface area contributed by atoms with Crippen molar-refractivity contribution < 1.29 is 9.53 Å². The van der Waals surface area contributed by atoms with Crippen LogP contribution in [0.4, 0.5) is 0 Å². The number of carbonyl (C=O) groups is 1. The second-order valence-electron chi connectivity index (χ2n) is 4.10. The molecule has 0 aliphatic carbocycles. The lowest BCUT2D eigenvalue weighted by atomic mass is 10.2. The van der Waals surface area contributed by atoms with Crippen LogP contribution in [0.25, 0.3) is 6.08 Å². The first-order valence-electron chi connectivity index (χ1n) is 6.11. The van der Waals surface area contributed by atoms with Crippen molar-refractivity contribution in [2.24, 2.45) is 0 Å². The highest BCUT2D eigenvalue weighted by Gasteiger charge is 2.10. The Balaban J connectivity index is 1.93. The molecule has 3 heteroatoms. The van der Waals surface area contributed by atoms with Crippen molar-refractivity contribution in [2.45, 2.75) is 13.0 Å². The van der Waals surface area contributed by atoms with Crippen molar-refractivity contribution in [1.29, 1.82) is 0 Å². The van der Waals surface area contributed by atoms with Gasteiger partial charge in [0, 0.05) is 6.20 Å². The Kier molecular flexibility index (Phi) is 4.45. The van der Waals surface area contributed by atoms with Gasteiger partial charge in [0.05, 0.1) is 0 Å². The zero-order valence-electron chi connectivity index (χ0n) is 10.7. The van der Waals surface area contributed by atoms with E-state index in [1.807, 2.05) is 49.4 Å². The molecular formula is C16H15NO2. The maximum atomic E-state index is 11.7. The van der Waals surface area contributed by atoms with E-state index in [-0.39, 0.29) is 6.10 Å². The van der Waals surface area contributed by atoms with Crippen molar-refractivity contribution in [2.75, 3.05) is 0 Å². The third-order valence-electron chi connectivity index (χ3n) is 2.53. The summed E-state index contributed by atoms with van der Waals surface area (Å²) in [7, 11) is 0. The van der Waals surface area contributed by atoms with Crippen molar-refractivity contribution in [3.63, 3.8) is 0 Å². The minimum absolute atomic E-state index is 0.297. The highest BCUT2D eigenvalue weighted by atomic mass is 16.5. The van der Waals surface area contributed by atoms with Crippen LogP contribution < -0.4 is 0 Å². The number of aromatic nitrogens is 1. The van der Waals surface area contributed by atoms with Gasteiger partial charge in [-0.15, -0.1) is 0 Å². The summed E-state index contributed by atoms with van der Waals surface area (Å²) < 4.78 is 5.27. The molecule has 0 saturated heterocycles. The normalized spacial score (nSPS) is 12.3. The zero-order chi connectivity index (χ0) is 13.5. The van der Waals surface area contributed by atoms with Gasteiger partial charge in [-0.05, 0) is 30.7 Å². The van der Waals surface area contributed by atoms with Crippen LogP contribution in [0.5, 0.6) is 0 Å². The number of esters is 1. The van der Waals surface area contributed by atoms with E-state index in [9.17, 15) is 4.79 Å². The quantitative estimate of drug-likeness (QED) is 0.784. The van der Waals surface area contributed by atoms with Gasteiger partial charge in [0.2, 0.25) is 0 Å². The fourth-order valence-electron chi connectivity index (χ4n) is 1.56. The van der Waals surface area contributed by atoms with E-state index in [1.54, 1.807) is 24.4 Å². The summed E-state index contributed by atoms with van der Waals surface area (Å²) in [5, 5.41) is 0. The topological polar surface area (TPSA) is 39.2 Å². The number of hydrogen-bond acceptors (Lipinski definition) is 3. The summed E-state index contributed by atoms with van der Waals surface area (Å²) in [5.41, 5.74) is 1.39. The van der Waals surface area contributed by atoms with Crippen LogP contribution in [0, 0.1) is 0 Å². The van der Waals surface area contributed by atoms with Crippen LogP contribution in [0.1, 0.15) is 23.0 Å². The van der Waals surface area contributed by atoms with Crippen molar-refractivity contribution >= 4 is 12.0 Å². The van der Waals surface area contributed by atoms with Gasteiger partial charge in [-0.3, -0.25) is 0 Å². The molecule has 0 saturated carbocycles. The van der Waals surface area contributed by atoms with Gasteiger partial charge in [0.1, 0.15) is 11.8 Å². The highest BCUT2D eigenvalue weighted by molar-refractivity contribution is 5.87. The van der Waals surface area contributed by atoms with Gasteiger partial charge < -0.3 is 4.74 Å². The Morgan fingerprint density at radius 3 is 2.58 bits per heavy atom. The van der Waals surface area contributed by atoms with E-state index in [4.69, 9.17) is 4.74 Å². The Bertz CT molecular complexity index is 549. The molecule has 96 valence electrons. The third-order valence-corrected chi connectivity index (χ3v) is 2.53. The molecule has 0 N–H and O–H groups in total. The fourth-order valence-corrected chi connectivity index (χ4v) is 1.56. The lowest BCUT2D eigenvalue weighted by Crippen LogP contribution is -2.13. The molecule has 1 aromatic carbocycles. The number of nitrogens with zero attached hydrogens (tertiary/aromatic N) is 1. The minimum Gasteiger partial charge on any atom is -0.454 e. The standard InChI is InChI=1S/C16H15NO2/c1-13(10-11-14-7-3-2-4-8-14)19-16(18)15-9-5-6-12-17-15/h2-13H,1H3/b11-10+. The number of pyridine rings is 1. The molecule has 2 aromatic rings. The predicted octanol–water partition coefficient (Wildman–Crippen LogP) is 3.34. The molecule has 1 heterocycles. The molecule has 0 aliphatic heterocycles. The lowest BCUT2D eigenvalue weighted by molar-refractivity contribution is 0.0419. The number of ether oxygens (including phenoxy) is 1. The van der Waals surface area contributed by atoms with Crippen LogP contribution >= 0.6 is 0 Å². The maximum Gasteiger partial charge on any atom is 0.357 e. The first kappa shape index (κ1) is 13.0. The zero-order valence-corrected chi connectivity index (χ0v) is 10.7. The van der Waals surface area contributed by atoms with Gasteiger partial charge in [0.25, 0.3) is 0 Å². The van der Waals surface area contributed by atoms with Gasteiger partial charge >= 0.3 is 5.97 Å². The smallest absolute Gasteiger partial charge is 0.357 e. The maximum absolute atomic E-state index is 11.7.